The summed E-state index contributed by atoms with van der Waals surface area (Å²) in [5.74, 6) is 1.43. The Labute approximate surface area is 115 Å². The number of rotatable bonds is 5. The van der Waals surface area contributed by atoms with Crippen LogP contribution in [-0.2, 0) is 6.42 Å². The largest absolute Gasteiger partial charge is 0.492 e. The zero-order valence-corrected chi connectivity index (χ0v) is 11.7. The molecule has 3 heterocycles. The Bertz CT molecular complexity index is 481. The van der Waals surface area contributed by atoms with E-state index < -0.39 is 0 Å². The molecule has 1 N–H and O–H groups in total. The molecule has 2 aliphatic heterocycles. The van der Waals surface area contributed by atoms with Gasteiger partial charge in [-0.15, -0.1) is 0 Å². The first-order valence-corrected chi connectivity index (χ1v) is 7.24. The van der Waals surface area contributed by atoms with E-state index in [1.165, 1.54) is 24.0 Å². The molecule has 2 aliphatic rings. The molecule has 3 nitrogen and oxygen atoms in total. The molecule has 0 aromatic carbocycles. The van der Waals surface area contributed by atoms with E-state index in [1.807, 2.05) is 6.20 Å². The Morgan fingerprint density at radius 1 is 1.37 bits per heavy atom. The van der Waals surface area contributed by atoms with Crippen LogP contribution in [0.5, 0.6) is 5.75 Å². The van der Waals surface area contributed by atoms with Gasteiger partial charge in [0.1, 0.15) is 5.75 Å². The van der Waals surface area contributed by atoms with Gasteiger partial charge in [0, 0.05) is 18.3 Å². The lowest BCUT2D eigenvalue weighted by molar-refractivity contribution is 0.270. The normalized spacial score (nSPS) is 24.9. The molecule has 0 aliphatic carbocycles. The summed E-state index contributed by atoms with van der Waals surface area (Å²) < 4.78 is 5.74. The van der Waals surface area contributed by atoms with Gasteiger partial charge in [0.25, 0.3) is 0 Å². The number of fused-ring (bicyclic) bond motifs is 2. The van der Waals surface area contributed by atoms with E-state index in [1.54, 1.807) is 6.20 Å². The van der Waals surface area contributed by atoms with E-state index in [2.05, 4.69) is 36.3 Å². The fraction of sp³-hybridized carbons (Fsp3) is 0.562. The van der Waals surface area contributed by atoms with Gasteiger partial charge in [0.15, 0.2) is 0 Å². The summed E-state index contributed by atoms with van der Waals surface area (Å²) in [6.45, 7) is 5.06. The van der Waals surface area contributed by atoms with Crippen LogP contribution in [0.15, 0.2) is 30.1 Å². The first-order valence-electron chi connectivity index (χ1n) is 7.24. The number of nitrogens with zero attached hydrogens (tertiary/aromatic N) is 1. The van der Waals surface area contributed by atoms with Gasteiger partial charge in [0.05, 0.1) is 12.8 Å². The number of aromatic nitrogens is 1. The van der Waals surface area contributed by atoms with Crippen molar-refractivity contribution in [3.8, 4) is 5.75 Å². The van der Waals surface area contributed by atoms with Crippen LogP contribution in [0, 0.1) is 5.92 Å². The molecular weight excluding hydrogens is 236 g/mol. The van der Waals surface area contributed by atoms with Gasteiger partial charge in [0.2, 0.25) is 0 Å². The van der Waals surface area contributed by atoms with Crippen molar-refractivity contribution in [1.29, 1.82) is 0 Å². The Hall–Kier alpha value is -1.35. The van der Waals surface area contributed by atoms with Gasteiger partial charge >= 0.3 is 0 Å². The number of nitrogens with one attached hydrogen (secondary N) is 1. The zero-order chi connectivity index (χ0) is 13.2. The van der Waals surface area contributed by atoms with Gasteiger partial charge in [-0.25, -0.2) is 0 Å². The average molecular weight is 258 g/mol. The predicted molar refractivity (Wildman–Crippen MR) is 76.3 cm³/mol. The molecule has 3 rings (SSSR count). The van der Waals surface area contributed by atoms with Gasteiger partial charge in [-0.05, 0) is 36.8 Å². The summed E-state index contributed by atoms with van der Waals surface area (Å²) in [6.07, 6.45) is 9.74. The second kappa shape index (κ2) is 5.33. The van der Waals surface area contributed by atoms with Crippen molar-refractivity contribution in [3.05, 3.63) is 35.7 Å². The van der Waals surface area contributed by atoms with Crippen molar-refractivity contribution >= 4 is 0 Å². The minimum Gasteiger partial charge on any atom is -0.492 e. The molecule has 1 fully saturated rings. The lowest BCUT2D eigenvalue weighted by Gasteiger charge is -2.13. The Kier molecular flexibility index (Phi) is 3.56. The molecule has 0 spiro atoms. The second-order valence-electron chi connectivity index (χ2n) is 6.06. The molecule has 2 unspecified atom stereocenters. The first-order chi connectivity index (χ1) is 9.20. The highest BCUT2D eigenvalue weighted by Crippen LogP contribution is 2.30. The Morgan fingerprint density at radius 2 is 2.26 bits per heavy atom. The number of pyridine rings is 1. The minimum absolute atomic E-state index is 0.543. The fourth-order valence-electron chi connectivity index (χ4n) is 2.89. The summed E-state index contributed by atoms with van der Waals surface area (Å²) in [5, 5.41) is 3.61. The van der Waals surface area contributed by atoms with Crippen LogP contribution in [0.3, 0.4) is 0 Å². The van der Waals surface area contributed by atoms with Crippen molar-refractivity contribution in [1.82, 2.24) is 10.3 Å². The molecule has 102 valence electrons. The summed E-state index contributed by atoms with van der Waals surface area (Å²) in [5.41, 5.74) is 2.78. The molecule has 2 atom stereocenters. The number of hydrogen-bond acceptors (Lipinski definition) is 3. The Balaban J connectivity index is 1.65. The van der Waals surface area contributed by atoms with Crippen LogP contribution in [0.25, 0.3) is 0 Å². The molecule has 1 aromatic rings. The van der Waals surface area contributed by atoms with E-state index in [9.17, 15) is 0 Å². The fourth-order valence-corrected chi connectivity index (χ4v) is 2.89. The third-order valence-electron chi connectivity index (χ3n) is 3.81. The van der Waals surface area contributed by atoms with E-state index in [0.717, 1.165) is 18.8 Å². The van der Waals surface area contributed by atoms with E-state index >= 15 is 0 Å². The molecule has 1 aromatic heterocycles. The Morgan fingerprint density at radius 3 is 2.95 bits per heavy atom. The summed E-state index contributed by atoms with van der Waals surface area (Å²) >= 11 is 0. The molecule has 19 heavy (non-hydrogen) atoms. The minimum atomic E-state index is 0.543. The molecular formula is C16H22N2O. The highest BCUT2D eigenvalue weighted by molar-refractivity contribution is 5.33. The molecule has 0 saturated carbocycles. The molecule has 0 amide bonds. The molecule has 2 bridgehead atoms. The highest BCUT2D eigenvalue weighted by atomic mass is 16.5. The first kappa shape index (κ1) is 12.7. The van der Waals surface area contributed by atoms with E-state index in [0.29, 0.717) is 18.0 Å². The van der Waals surface area contributed by atoms with Crippen molar-refractivity contribution in [2.75, 3.05) is 6.61 Å². The van der Waals surface area contributed by atoms with Gasteiger partial charge in [-0.3, -0.25) is 4.98 Å². The van der Waals surface area contributed by atoms with Crippen LogP contribution in [0.2, 0.25) is 0 Å². The van der Waals surface area contributed by atoms with Crippen molar-refractivity contribution in [2.45, 2.75) is 45.2 Å². The molecule has 1 saturated heterocycles. The maximum absolute atomic E-state index is 5.74. The van der Waals surface area contributed by atoms with Gasteiger partial charge < -0.3 is 10.1 Å². The molecule has 3 heteroatoms. The predicted octanol–water partition coefficient (Wildman–Crippen LogP) is 2.72. The van der Waals surface area contributed by atoms with Crippen LogP contribution >= 0.6 is 0 Å². The summed E-state index contributed by atoms with van der Waals surface area (Å²) in [4.78, 5) is 4.29. The lowest BCUT2D eigenvalue weighted by atomic mass is 9.94. The van der Waals surface area contributed by atoms with Crippen molar-refractivity contribution in [3.63, 3.8) is 0 Å². The van der Waals surface area contributed by atoms with Crippen LogP contribution in [0.4, 0.5) is 0 Å². The van der Waals surface area contributed by atoms with Crippen LogP contribution in [0.1, 0.15) is 32.3 Å². The lowest BCUT2D eigenvalue weighted by Crippen LogP contribution is -2.22. The number of ether oxygens (including phenoxy) is 1. The van der Waals surface area contributed by atoms with Gasteiger partial charge in [-0.1, -0.05) is 25.5 Å². The van der Waals surface area contributed by atoms with Crippen LogP contribution in [-0.4, -0.2) is 23.7 Å². The zero-order valence-electron chi connectivity index (χ0n) is 11.7. The topological polar surface area (TPSA) is 34.1 Å². The van der Waals surface area contributed by atoms with Crippen molar-refractivity contribution in [2.24, 2.45) is 5.92 Å². The van der Waals surface area contributed by atoms with Crippen molar-refractivity contribution < 1.29 is 4.74 Å². The van der Waals surface area contributed by atoms with E-state index in [-0.39, 0.29) is 0 Å². The highest BCUT2D eigenvalue weighted by Gasteiger charge is 2.31. The third kappa shape index (κ3) is 2.98. The second-order valence-corrected chi connectivity index (χ2v) is 6.06. The average Bonchev–Trinajstić information content (AvgIpc) is 2.99. The monoisotopic (exact) mass is 258 g/mol. The molecule has 0 radical (unpaired) electrons. The summed E-state index contributed by atoms with van der Waals surface area (Å²) in [7, 11) is 0. The maximum Gasteiger partial charge on any atom is 0.137 e. The van der Waals surface area contributed by atoms with E-state index in [4.69, 9.17) is 4.74 Å². The number of hydrogen-bond donors (Lipinski definition) is 1. The van der Waals surface area contributed by atoms with Gasteiger partial charge in [-0.2, -0.15) is 0 Å². The smallest absolute Gasteiger partial charge is 0.137 e. The quantitative estimate of drug-likeness (QED) is 0.825. The maximum atomic E-state index is 5.74. The van der Waals surface area contributed by atoms with Crippen LogP contribution < -0.4 is 10.1 Å². The standard InChI is InChI=1S/C16H22N2O/c1-11(2)10-19-15-6-12(8-17-9-15)5-13-7-14-3-4-16(13)18-14/h6-9,11,14,16,18H,3-5,10H2,1-2H3. The SMILES string of the molecule is CC(C)COc1cncc(CC2=CC3CCC2N3)c1. The summed E-state index contributed by atoms with van der Waals surface area (Å²) in [6, 6.07) is 3.35. The third-order valence-corrected chi connectivity index (χ3v) is 3.81.